The lowest BCUT2D eigenvalue weighted by molar-refractivity contribution is -0.121. The molecule has 0 aliphatic carbocycles. The van der Waals surface area contributed by atoms with Crippen LogP contribution < -0.4 is 16.0 Å². The number of halogens is 2. The number of nitrogens with one attached hydrogen (secondary N) is 3. The summed E-state index contributed by atoms with van der Waals surface area (Å²) < 4.78 is 12.8. The number of carbonyl (C=O) groups excluding carboxylic acids is 1. The van der Waals surface area contributed by atoms with Crippen LogP contribution >= 0.6 is 24.0 Å². The zero-order chi connectivity index (χ0) is 16.6. The molecule has 7 heteroatoms. The summed E-state index contributed by atoms with van der Waals surface area (Å²) in [5.41, 5.74) is 0.785. The highest BCUT2D eigenvalue weighted by Crippen LogP contribution is 2.02. The summed E-state index contributed by atoms with van der Waals surface area (Å²) in [6.45, 7) is 6.60. The predicted octanol–water partition coefficient (Wildman–Crippen LogP) is 2.07. The zero-order valence-electron chi connectivity index (χ0n) is 14.1. The summed E-state index contributed by atoms with van der Waals surface area (Å²) in [5, 5.41) is 8.94. The second kappa shape index (κ2) is 10.4. The standard InChI is InChI=1S/C16H25FN4O.HI/c1-16(2,3)21-14(22)11-20-15(18-4)19-10-9-12-5-7-13(17)8-6-12;/h5-8H,9-11H2,1-4H3,(H,21,22)(H2,18,19,20);1H. The predicted molar refractivity (Wildman–Crippen MR) is 103 cm³/mol. The van der Waals surface area contributed by atoms with E-state index in [0.29, 0.717) is 12.5 Å². The molecule has 1 aromatic rings. The van der Waals surface area contributed by atoms with Gasteiger partial charge in [-0.15, -0.1) is 24.0 Å². The van der Waals surface area contributed by atoms with E-state index in [1.54, 1.807) is 19.2 Å². The number of guanidine groups is 1. The highest BCUT2D eigenvalue weighted by Gasteiger charge is 2.13. The molecule has 1 amide bonds. The highest BCUT2D eigenvalue weighted by molar-refractivity contribution is 14.0. The molecule has 0 spiro atoms. The van der Waals surface area contributed by atoms with E-state index in [-0.39, 0.29) is 47.8 Å². The number of nitrogens with zero attached hydrogens (tertiary/aromatic N) is 1. The van der Waals surface area contributed by atoms with Crippen molar-refractivity contribution in [2.75, 3.05) is 20.1 Å². The van der Waals surface area contributed by atoms with Gasteiger partial charge >= 0.3 is 0 Å². The summed E-state index contributed by atoms with van der Waals surface area (Å²) in [6, 6.07) is 6.40. The van der Waals surface area contributed by atoms with E-state index in [0.717, 1.165) is 12.0 Å². The Labute approximate surface area is 154 Å². The van der Waals surface area contributed by atoms with Crippen LogP contribution in [0.25, 0.3) is 0 Å². The first-order valence-electron chi connectivity index (χ1n) is 7.30. The maximum Gasteiger partial charge on any atom is 0.239 e. The van der Waals surface area contributed by atoms with E-state index in [9.17, 15) is 9.18 Å². The van der Waals surface area contributed by atoms with Gasteiger partial charge < -0.3 is 16.0 Å². The molecule has 0 aromatic heterocycles. The Morgan fingerprint density at radius 3 is 2.30 bits per heavy atom. The lowest BCUT2D eigenvalue weighted by atomic mass is 10.1. The van der Waals surface area contributed by atoms with Gasteiger partial charge in [0.15, 0.2) is 5.96 Å². The average Bonchev–Trinajstić information content (AvgIpc) is 2.42. The second-order valence-electron chi connectivity index (χ2n) is 6.03. The third-order valence-electron chi connectivity index (χ3n) is 2.77. The zero-order valence-corrected chi connectivity index (χ0v) is 16.4. The second-order valence-corrected chi connectivity index (χ2v) is 6.03. The van der Waals surface area contributed by atoms with Crippen LogP contribution in [0.2, 0.25) is 0 Å². The molecule has 0 heterocycles. The van der Waals surface area contributed by atoms with Crippen molar-refractivity contribution in [2.45, 2.75) is 32.7 Å². The minimum atomic E-state index is -0.252. The molecule has 5 nitrogen and oxygen atoms in total. The van der Waals surface area contributed by atoms with Crippen LogP contribution in [0.1, 0.15) is 26.3 Å². The molecule has 0 aliphatic rings. The van der Waals surface area contributed by atoms with Crippen LogP contribution in [-0.4, -0.2) is 37.5 Å². The fourth-order valence-electron chi connectivity index (χ4n) is 1.82. The van der Waals surface area contributed by atoms with Crippen molar-refractivity contribution in [3.63, 3.8) is 0 Å². The van der Waals surface area contributed by atoms with E-state index in [2.05, 4.69) is 20.9 Å². The van der Waals surface area contributed by atoms with Gasteiger partial charge in [0.2, 0.25) is 5.91 Å². The van der Waals surface area contributed by atoms with Crippen LogP contribution in [0.15, 0.2) is 29.3 Å². The van der Waals surface area contributed by atoms with Gasteiger partial charge in [-0.3, -0.25) is 9.79 Å². The van der Waals surface area contributed by atoms with E-state index >= 15 is 0 Å². The SMILES string of the molecule is CN=C(NCCc1ccc(F)cc1)NCC(=O)NC(C)(C)C.I. The lowest BCUT2D eigenvalue weighted by Crippen LogP contribution is -2.48. The van der Waals surface area contributed by atoms with E-state index in [4.69, 9.17) is 0 Å². The molecule has 0 fully saturated rings. The Hall–Kier alpha value is -1.38. The van der Waals surface area contributed by atoms with Crippen molar-refractivity contribution in [3.8, 4) is 0 Å². The first-order chi connectivity index (χ1) is 10.3. The number of aliphatic imine (C=N–C) groups is 1. The number of rotatable bonds is 5. The lowest BCUT2D eigenvalue weighted by Gasteiger charge is -2.21. The fraction of sp³-hybridized carbons (Fsp3) is 0.500. The molecule has 0 radical (unpaired) electrons. The van der Waals surface area contributed by atoms with Gasteiger partial charge in [-0.2, -0.15) is 0 Å². The topological polar surface area (TPSA) is 65.5 Å². The minimum absolute atomic E-state index is 0. The number of hydrogen-bond acceptors (Lipinski definition) is 2. The van der Waals surface area contributed by atoms with Crippen molar-refractivity contribution in [3.05, 3.63) is 35.6 Å². The molecule has 0 aliphatic heterocycles. The van der Waals surface area contributed by atoms with E-state index in [1.807, 2.05) is 20.8 Å². The van der Waals surface area contributed by atoms with E-state index < -0.39 is 0 Å². The van der Waals surface area contributed by atoms with Gasteiger partial charge in [0.05, 0.1) is 6.54 Å². The molecule has 0 bridgehead atoms. The number of amides is 1. The van der Waals surface area contributed by atoms with E-state index in [1.165, 1.54) is 12.1 Å². The molecule has 3 N–H and O–H groups in total. The monoisotopic (exact) mass is 436 g/mol. The van der Waals surface area contributed by atoms with Gasteiger partial charge in [0, 0.05) is 19.1 Å². The first kappa shape index (κ1) is 21.6. The maximum absolute atomic E-state index is 12.8. The summed E-state index contributed by atoms with van der Waals surface area (Å²) in [6.07, 6.45) is 0.745. The Morgan fingerprint density at radius 1 is 1.17 bits per heavy atom. The van der Waals surface area contributed by atoms with Crippen molar-refractivity contribution in [2.24, 2.45) is 4.99 Å². The Morgan fingerprint density at radius 2 is 1.78 bits per heavy atom. The minimum Gasteiger partial charge on any atom is -0.356 e. The third kappa shape index (κ3) is 10.1. The van der Waals surface area contributed by atoms with Crippen LogP contribution in [0.4, 0.5) is 4.39 Å². The van der Waals surface area contributed by atoms with Crippen LogP contribution in [0.5, 0.6) is 0 Å². The molecule has 0 atom stereocenters. The summed E-state index contributed by atoms with van der Waals surface area (Å²) in [5.74, 6) is 0.235. The average molecular weight is 436 g/mol. The van der Waals surface area contributed by atoms with Crippen molar-refractivity contribution < 1.29 is 9.18 Å². The molecule has 130 valence electrons. The summed E-state index contributed by atoms with van der Waals surface area (Å²) in [7, 11) is 1.65. The number of carbonyl (C=O) groups is 1. The quantitative estimate of drug-likeness (QED) is 0.376. The summed E-state index contributed by atoms with van der Waals surface area (Å²) >= 11 is 0. The molecule has 1 rings (SSSR count). The summed E-state index contributed by atoms with van der Waals surface area (Å²) in [4.78, 5) is 15.8. The maximum atomic E-state index is 12.8. The molecule has 23 heavy (non-hydrogen) atoms. The van der Waals surface area contributed by atoms with Gasteiger partial charge in [-0.1, -0.05) is 12.1 Å². The highest BCUT2D eigenvalue weighted by atomic mass is 127. The smallest absolute Gasteiger partial charge is 0.239 e. The number of benzene rings is 1. The van der Waals surface area contributed by atoms with Crippen LogP contribution in [-0.2, 0) is 11.2 Å². The van der Waals surface area contributed by atoms with Gasteiger partial charge in [0.1, 0.15) is 5.82 Å². The van der Waals surface area contributed by atoms with Crippen molar-refractivity contribution in [1.82, 2.24) is 16.0 Å². The Kier molecular flexibility index (Phi) is 9.78. The molecular weight excluding hydrogens is 410 g/mol. The Balaban J connectivity index is 0.00000484. The van der Waals surface area contributed by atoms with Gasteiger partial charge in [-0.25, -0.2) is 4.39 Å². The van der Waals surface area contributed by atoms with Crippen LogP contribution in [0, 0.1) is 5.82 Å². The largest absolute Gasteiger partial charge is 0.356 e. The first-order valence-corrected chi connectivity index (χ1v) is 7.30. The Bertz CT molecular complexity index is 512. The molecule has 0 unspecified atom stereocenters. The van der Waals surface area contributed by atoms with Gasteiger partial charge in [0.25, 0.3) is 0 Å². The molecule has 0 saturated heterocycles. The molecular formula is C16H26FIN4O. The van der Waals surface area contributed by atoms with Gasteiger partial charge in [-0.05, 0) is 44.9 Å². The van der Waals surface area contributed by atoms with Crippen molar-refractivity contribution in [1.29, 1.82) is 0 Å². The molecule has 1 aromatic carbocycles. The third-order valence-corrected chi connectivity index (χ3v) is 2.77. The van der Waals surface area contributed by atoms with Crippen molar-refractivity contribution >= 4 is 35.8 Å². The normalized spacial score (nSPS) is 11.4. The number of hydrogen-bond donors (Lipinski definition) is 3. The van der Waals surface area contributed by atoms with Crippen LogP contribution in [0.3, 0.4) is 0 Å². The molecule has 0 saturated carbocycles. The fourth-order valence-corrected chi connectivity index (χ4v) is 1.82.